The van der Waals surface area contributed by atoms with E-state index in [1.54, 1.807) is 6.07 Å². The Kier molecular flexibility index (Phi) is 4.45. The Morgan fingerprint density at radius 2 is 1.88 bits per heavy atom. The van der Waals surface area contributed by atoms with E-state index in [1.807, 2.05) is 4.90 Å². The second-order valence-corrected chi connectivity index (χ2v) is 9.67. The van der Waals surface area contributed by atoms with Crippen LogP contribution in [0, 0.1) is 11.8 Å². The number of fused-ring (bicyclic) bond motifs is 7. The molecule has 5 heterocycles. The van der Waals surface area contributed by atoms with Crippen LogP contribution in [0.3, 0.4) is 0 Å². The number of amides is 3. The highest BCUT2D eigenvalue weighted by Crippen LogP contribution is 2.61. The number of nitrogens with zero attached hydrogens (tertiary/aromatic N) is 3. The summed E-state index contributed by atoms with van der Waals surface area (Å²) in [5.74, 6) is -4.42. The van der Waals surface area contributed by atoms with Gasteiger partial charge in [-0.1, -0.05) is 29.3 Å². The lowest BCUT2D eigenvalue weighted by Gasteiger charge is -2.36. The number of benzene rings is 1. The van der Waals surface area contributed by atoms with Crippen molar-refractivity contribution in [2.24, 2.45) is 11.8 Å². The van der Waals surface area contributed by atoms with Gasteiger partial charge in [0.25, 0.3) is 5.91 Å². The van der Waals surface area contributed by atoms with Gasteiger partial charge >= 0.3 is 6.18 Å². The molecule has 1 aromatic heterocycles. The largest absolute Gasteiger partial charge is 0.433 e. The highest BCUT2D eigenvalue weighted by Gasteiger charge is 2.75. The summed E-state index contributed by atoms with van der Waals surface area (Å²) in [6.07, 6.45) is -3.50. The molecule has 4 unspecified atom stereocenters. The molecule has 4 aliphatic heterocycles. The molecule has 6 rings (SSSR count). The zero-order valence-electron chi connectivity index (χ0n) is 17.2. The molecule has 1 N–H and O–H groups in total. The topological polar surface area (TPSA) is 82.6 Å². The lowest BCUT2D eigenvalue weighted by molar-refractivity contribution is -0.141. The zero-order valence-corrected chi connectivity index (χ0v) is 18.7. The van der Waals surface area contributed by atoms with Crippen LogP contribution in [0.2, 0.25) is 10.0 Å². The number of alkyl halides is 3. The van der Waals surface area contributed by atoms with Crippen molar-refractivity contribution in [3.05, 3.63) is 51.6 Å². The van der Waals surface area contributed by atoms with Crippen LogP contribution in [0.5, 0.6) is 0 Å². The molecular formula is C22H15Cl2F3N4O3. The van der Waals surface area contributed by atoms with E-state index in [1.165, 1.54) is 12.1 Å². The van der Waals surface area contributed by atoms with E-state index in [-0.39, 0.29) is 10.0 Å². The summed E-state index contributed by atoms with van der Waals surface area (Å²) in [6.45, 7) is 0.469. The monoisotopic (exact) mass is 510 g/mol. The van der Waals surface area contributed by atoms with Gasteiger partial charge in [-0.2, -0.15) is 13.2 Å². The molecule has 0 saturated carbocycles. The van der Waals surface area contributed by atoms with E-state index in [4.69, 9.17) is 23.2 Å². The van der Waals surface area contributed by atoms with Crippen molar-refractivity contribution in [1.82, 2.24) is 9.88 Å². The van der Waals surface area contributed by atoms with Crippen LogP contribution in [0.4, 0.5) is 24.7 Å². The summed E-state index contributed by atoms with van der Waals surface area (Å²) in [5, 5.41) is 3.20. The minimum atomic E-state index is -4.75. The Labute approximate surface area is 200 Å². The Morgan fingerprint density at radius 1 is 1.12 bits per heavy atom. The molecule has 1 spiro atoms. The first-order valence-electron chi connectivity index (χ1n) is 10.6. The van der Waals surface area contributed by atoms with Crippen LogP contribution in [0.1, 0.15) is 24.1 Å². The first-order chi connectivity index (χ1) is 16.1. The number of pyridine rings is 1. The van der Waals surface area contributed by atoms with E-state index in [2.05, 4.69) is 10.3 Å². The Balaban J connectivity index is 1.54. The van der Waals surface area contributed by atoms with Gasteiger partial charge in [-0.3, -0.25) is 19.3 Å². The summed E-state index contributed by atoms with van der Waals surface area (Å²) in [7, 11) is 0. The molecule has 1 aromatic carbocycles. The number of imide groups is 1. The Hall–Kier alpha value is -2.69. The van der Waals surface area contributed by atoms with E-state index in [0.717, 1.165) is 12.1 Å². The maximum absolute atomic E-state index is 13.8. The number of aromatic nitrogens is 1. The van der Waals surface area contributed by atoms with Gasteiger partial charge in [-0.05, 0) is 43.7 Å². The minimum Gasteiger partial charge on any atom is -0.323 e. The van der Waals surface area contributed by atoms with E-state index in [9.17, 15) is 27.6 Å². The third-order valence-electron chi connectivity index (χ3n) is 7.27. The molecule has 4 aliphatic rings. The fourth-order valence-electron chi connectivity index (χ4n) is 6.16. The molecule has 3 amide bonds. The quantitative estimate of drug-likeness (QED) is 0.589. The summed E-state index contributed by atoms with van der Waals surface area (Å²) in [6, 6.07) is 5.62. The maximum atomic E-state index is 13.8. The first-order valence-corrected chi connectivity index (χ1v) is 11.3. The van der Waals surface area contributed by atoms with Gasteiger partial charge in [0.1, 0.15) is 17.1 Å². The van der Waals surface area contributed by atoms with Crippen LogP contribution < -0.4 is 10.2 Å². The van der Waals surface area contributed by atoms with Crippen LogP contribution in [0.25, 0.3) is 0 Å². The second kappa shape index (κ2) is 6.93. The molecular weight excluding hydrogens is 496 g/mol. The SMILES string of the molecule is O=C1C2C3CCCN3C3(C(=O)Nc4c(Cl)cc(Cl)cc43)C2C(=O)N1c1cccc(C(F)(F)F)n1. The van der Waals surface area contributed by atoms with Crippen molar-refractivity contribution in [2.75, 3.05) is 16.8 Å². The average molecular weight is 511 g/mol. The third-order valence-corrected chi connectivity index (χ3v) is 7.79. The molecule has 4 atom stereocenters. The normalized spacial score (nSPS) is 30.2. The maximum Gasteiger partial charge on any atom is 0.433 e. The number of hydrogen-bond acceptors (Lipinski definition) is 5. The van der Waals surface area contributed by atoms with Crippen LogP contribution >= 0.6 is 23.2 Å². The van der Waals surface area contributed by atoms with Crippen molar-refractivity contribution in [3.63, 3.8) is 0 Å². The van der Waals surface area contributed by atoms with Crippen LogP contribution in [-0.4, -0.2) is 40.2 Å². The summed E-state index contributed by atoms with van der Waals surface area (Å²) >= 11 is 12.6. The van der Waals surface area contributed by atoms with Crippen molar-refractivity contribution in [3.8, 4) is 0 Å². The molecule has 2 aromatic rings. The van der Waals surface area contributed by atoms with E-state index < -0.39 is 58.8 Å². The van der Waals surface area contributed by atoms with Gasteiger partial charge in [0, 0.05) is 16.6 Å². The predicted octanol–water partition coefficient (Wildman–Crippen LogP) is 3.84. The fourth-order valence-corrected chi connectivity index (χ4v) is 6.70. The van der Waals surface area contributed by atoms with Gasteiger partial charge in [0.05, 0.1) is 22.5 Å². The smallest absolute Gasteiger partial charge is 0.323 e. The molecule has 3 saturated heterocycles. The third kappa shape index (κ3) is 2.59. The molecule has 176 valence electrons. The number of nitrogens with one attached hydrogen (secondary N) is 1. The molecule has 0 aliphatic carbocycles. The molecule has 12 heteroatoms. The summed E-state index contributed by atoms with van der Waals surface area (Å²) in [5.41, 5.74) is -2.05. The highest BCUT2D eigenvalue weighted by atomic mass is 35.5. The van der Waals surface area contributed by atoms with Crippen LogP contribution in [0.15, 0.2) is 30.3 Å². The number of hydrogen-bond donors (Lipinski definition) is 1. The number of carbonyl (C=O) groups is 3. The second-order valence-electron chi connectivity index (χ2n) is 8.83. The number of rotatable bonds is 1. The molecule has 7 nitrogen and oxygen atoms in total. The average Bonchev–Trinajstić information content (AvgIpc) is 3.47. The standard InChI is InChI=1S/C22H15Cl2F3N4O3/c23-9-7-10-17(11(24)8-9)29-20(34)21(10)16-15(12-3-2-6-30(12)21)18(32)31(19(16)33)14-5-1-4-13(28-14)22(25,26)27/h1,4-5,7-8,12,15-16H,2-3,6H2,(H,29,34). The molecule has 34 heavy (non-hydrogen) atoms. The predicted molar refractivity (Wildman–Crippen MR) is 115 cm³/mol. The van der Waals surface area contributed by atoms with E-state index in [0.29, 0.717) is 35.5 Å². The zero-order chi connectivity index (χ0) is 24.2. The van der Waals surface area contributed by atoms with Gasteiger partial charge < -0.3 is 5.32 Å². The van der Waals surface area contributed by atoms with Gasteiger partial charge in [-0.15, -0.1) is 0 Å². The van der Waals surface area contributed by atoms with Crippen molar-refractivity contribution < 1.29 is 27.6 Å². The summed E-state index contributed by atoms with van der Waals surface area (Å²) in [4.78, 5) is 47.0. The van der Waals surface area contributed by atoms with Crippen LogP contribution in [-0.2, 0) is 26.1 Å². The summed E-state index contributed by atoms with van der Waals surface area (Å²) < 4.78 is 39.8. The van der Waals surface area contributed by atoms with Crippen molar-refractivity contribution >= 4 is 52.4 Å². The highest BCUT2D eigenvalue weighted by molar-refractivity contribution is 6.38. The minimum absolute atomic E-state index is 0.195. The molecule has 3 fully saturated rings. The fraction of sp³-hybridized carbons (Fsp3) is 0.364. The first kappa shape index (κ1) is 21.8. The number of anilines is 2. The van der Waals surface area contributed by atoms with Gasteiger partial charge in [0.2, 0.25) is 11.8 Å². The van der Waals surface area contributed by atoms with E-state index >= 15 is 0 Å². The Morgan fingerprint density at radius 3 is 2.62 bits per heavy atom. The number of carbonyl (C=O) groups excluding carboxylic acids is 3. The van der Waals surface area contributed by atoms with Gasteiger partial charge in [-0.25, -0.2) is 9.88 Å². The van der Waals surface area contributed by atoms with Crippen molar-refractivity contribution in [1.29, 1.82) is 0 Å². The lowest BCUT2D eigenvalue weighted by atomic mass is 9.75. The molecule has 0 bridgehead atoms. The van der Waals surface area contributed by atoms with Gasteiger partial charge in [0.15, 0.2) is 0 Å². The van der Waals surface area contributed by atoms with Crippen molar-refractivity contribution in [2.45, 2.75) is 30.6 Å². The number of halogens is 5. The molecule has 0 radical (unpaired) electrons. The Bertz CT molecular complexity index is 1300. The lowest BCUT2D eigenvalue weighted by Crippen LogP contribution is -2.54.